The van der Waals surface area contributed by atoms with Crippen molar-refractivity contribution in [1.82, 2.24) is 4.57 Å². The quantitative estimate of drug-likeness (QED) is 0.873. The largest absolute Gasteiger partial charge is 0.347 e. The predicted octanol–water partition coefficient (Wildman–Crippen LogP) is 3.03. The third kappa shape index (κ3) is 1.83. The summed E-state index contributed by atoms with van der Waals surface area (Å²) in [6.45, 7) is 2.80. The van der Waals surface area contributed by atoms with E-state index >= 15 is 0 Å². The summed E-state index contributed by atoms with van der Waals surface area (Å²) < 4.78 is 2.23. The number of aromatic nitrogens is 1. The van der Waals surface area contributed by atoms with E-state index < -0.39 is 0 Å². The second-order valence-corrected chi connectivity index (χ2v) is 4.60. The van der Waals surface area contributed by atoms with Crippen molar-refractivity contribution in [2.45, 2.75) is 19.8 Å². The van der Waals surface area contributed by atoms with Gasteiger partial charge in [0.2, 0.25) is 0 Å². The molecular weight excluding hydrogens is 220 g/mol. The molecule has 0 aliphatic carbocycles. The fraction of sp³-hybridized carbons (Fsp3) is 0.385. The van der Waals surface area contributed by atoms with Gasteiger partial charge in [-0.15, -0.1) is 0 Å². The zero-order valence-electron chi connectivity index (χ0n) is 9.76. The van der Waals surface area contributed by atoms with Gasteiger partial charge in [-0.3, -0.25) is 0 Å². The van der Waals surface area contributed by atoms with Crippen molar-refractivity contribution in [3.05, 3.63) is 34.5 Å². The predicted molar refractivity (Wildman–Crippen MR) is 70.0 cm³/mol. The Morgan fingerprint density at radius 2 is 2.12 bits per heavy atom. The summed E-state index contributed by atoms with van der Waals surface area (Å²) in [6, 6.07) is 6.27. The van der Waals surface area contributed by atoms with Gasteiger partial charge < -0.3 is 10.3 Å². The molecule has 2 nitrogen and oxygen atoms in total. The minimum absolute atomic E-state index is 0.737. The number of rotatable bonds is 3. The van der Waals surface area contributed by atoms with Crippen molar-refractivity contribution in [2.75, 3.05) is 6.54 Å². The van der Waals surface area contributed by atoms with Crippen LogP contribution in [0.1, 0.15) is 17.7 Å². The topological polar surface area (TPSA) is 30.9 Å². The number of halogens is 1. The van der Waals surface area contributed by atoms with Gasteiger partial charge in [0.1, 0.15) is 0 Å². The monoisotopic (exact) mass is 236 g/mol. The van der Waals surface area contributed by atoms with Crippen molar-refractivity contribution in [3.63, 3.8) is 0 Å². The second kappa shape index (κ2) is 4.48. The Labute approximate surface area is 101 Å². The highest BCUT2D eigenvalue weighted by atomic mass is 35.5. The van der Waals surface area contributed by atoms with Gasteiger partial charge in [-0.2, -0.15) is 0 Å². The Morgan fingerprint density at radius 1 is 1.38 bits per heavy atom. The number of fused-ring (bicyclic) bond motifs is 1. The van der Waals surface area contributed by atoms with Crippen molar-refractivity contribution < 1.29 is 0 Å². The number of benzene rings is 1. The Balaban J connectivity index is 2.55. The lowest BCUT2D eigenvalue weighted by molar-refractivity contribution is 0.765. The lowest BCUT2D eigenvalue weighted by atomic mass is 10.1. The van der Waals surface area contributed by atoms with Crippen LogP contribution in [0, 0.1) is 6.92 Å². The molecule has 0 spiro atoms. The summed E-state index contributed by atoms with van der Waals surface area (Å²) in [6.07, 6.45) is 2.05. The van der Waals surface area contributed by atoms with Gasteiger partial charge in [0.25, 0.3) is 0 Å². The van der Waals surface area contributed by atoms with Crippen LogP contribution in [0.25, 0.3) is 10.9 Å². The van der Waals surface area contributed by atoms with Crippen LogP contribution in [0.2, 0.25) is 5.02 Å². The van der Waals surface area contributed by atoms with Crippen LogP contribution in [-0.2, 0) is 13.5 Å². The average molecular weight is 237 g/mol. The van der Waals surface area contributed by atoms with E-state index in [2.05, 4.69) is 30.7 Å². The highest BCUT2D eigenvalue weighted by Crippen LogP contribution is 2.27. The van der Waals surface area contributed by atoms with Crippen molar-refractivity contribution in [1.29, 1.82) is 0 Å². The Hall–Kier alpha value is -0.990. The molecule has 2 N–H and O–H groups in total. The fourth-order valence-electron chi connectivity index (χ4n) is 2.20. The Kier molecular flexibility index (Phi) is 3.22. The number of nitrogens with zero attached hydrogens (tertiary/aromatic N) is 1. The third-order valence-corrected chi connectivity index (χ3v) is 3.53. The summed E-state index contributed by atoms with van der Waals surface area (Å²) >= 11 is 6.14. The van der Waals surface area contributed by atoms with E-state index in [0.717, 1.165) is 30.0 Å². The molecule has 0 bridgehead atoms. The van der Waals surface area contributed by atoms with Crippen LogP contribution in [0.5, 0.6) is 0 Å². The van der Waals surface area contributed by atoms with E-state index in [0.29, 0.717) is 0 Å². The molecule has 0 radical (unpaired) electrons. The highest BCUT2D eigenvalue weighted by Gasteiger charge is 2.09. The summed E-state index contributed by atoms with van der Waals surface area (Å²) in [5, 5.41) is 2.09. The molecule has 2 rings (SSSR count). The molecule has 0 saturated heterocycles. The fourth-order valence-corrected chi connectivity index (χ4v) is 2.35. The van der Waals surface area contributed by atoms with Crippen LogP contribution in [0.15, 0.2) is 18.2 Å². The van der Waals surface area contributed by atoms with Gasteiger partial charge in [-0.25, -0.2) is 0 Å². The van der Waals surface area contributed by atoms with Crippen molar-refractivity contribution >= 4 is 22.5 Å². The number of hydrogen-bond donors (Lipinski definition) is 1. The van der Waals surface area contributed by atoms with Crippen LogP contribution in [-0.4, -0.2) is 11.1 Å². The van der Waals surface area contributed by atoms with E-state index in [1.807, 2.05) is 6.07 Å². The third-order valence-electron chi connectivity index (χ3n) is 3.12. The van der Waals surface area contributed by atoms with E-state index in [1.165, 1.54) is 16.6 Å². The first-order valence-electron chi connectivity index (χ1n) is 5.58. The molecule has 0 saturated carbocycles. The van der Waals surface area contributed by atoms with Gasteiger partial charge in [0, 0.05) is 23.2 Å². The molecule has 16 heavy (non-hydrogen) atoms. The van der Waals surface area contributed by atoms with Crippen molar-refractivity contribution in [3.8, 4) is 0 Å². The van der Waals surface area contributed by atoms with Gasteiger partial charge >= 0.3 is 0 Å². The summed E-state index contributed by atoms with van der Waals surface area (Å²) in [5.74, 6) is 0. The number of nitrogens with two attached hydrogens (primary N) is 1. The molecule has 1 aromatic carbocycles. The molecule has 1 aromatic heterocycles. The zero-order chi connectivity index (χ0) is 11.7. The molecule has 0 fully saturated rings. The molecule has 1 heterocycles. The van der Waals surface area contributed by atoms with E-state index in [-0.39, 0.29) is 0 Å². The zero-order valence-corrected chi connectivity index (χ0v) is 10.5. The second-order valence-electron chi connectivity index (χ2n) is 4.20. The SMILES string of the molecule is Cc1c(Cl)ccc2cc(CCCN)n(C)c12. The Morgan fingerprint density at radius 3 is 2.81 bits per heavy atom. The van der Waals surface area contributed by atoms with Crippen LogP contribution in [0.4, 0.5) is 0 Å². The molecular formula is C13H17ClN2. The molecule has 0 amide bonds. The molecule has 0 atom stereocenters. The first-order valence-corrected chi connectivity index (χ1v) is 5.96. The number of aryl methyl sites for hydroxylation is 3. The van der Waals surface area contributed by atoms with E-state index in [9.17, 15) is 0 Å². The molecule has 86 valence electrons. The molecule has 3 heteroatoms. The maximum Gasteiger partial charge on any atom is 0.0524 e. The van der Waals surface area contributed by atoms with Gasteiger partial charge in [-0.1, -0.05) is 17.7 Å². The van der Waals surface area contributed by atoms with Crippen LogP contribution >= 0.6 is 11.6 Å². The first-order chi connectivity index (χ1) is 7.65. The maximum atomic E-state index is 6.14. The smallest absolute Gasteiger partial charge is 0.0524 e. The van der Waals surface area contributed by atoms with Gasteiger partial charge in [-0.05, 0) is 44.0 Å². The molecule has 0 aliphatic heterocycles. The maximum absolute atomic E-state index is 6.14. The highest BCUT2D eigenvalue weighted by molar-refractivity contribution is 6.32. The van der Waals surface area contributed by atoms with E-state index in [1.54, 1.807) is 0 Å². The molecule has 2 aromatic rings. The number of hydrogen-bond acceptors (Lipinski definition) is 1. The van der Waals surface area contributed by atoms with Crippen molar-refractivity contribution in [2.24, 2.45) is 12.8 Å². The minimum atomic E-state index is 0.737. The lowest BCUT2D eigenvalue weighted by Gasteiger charge is -2.06. The normalized spacial score (nSPS) is 11.2. The van der Waals surface area contributed by atoms with Gasteiger partial charge in [0.05, 0.1) is 5.52 Å². The molecule has 0 aliphatic rings. The lowest BCUT2D eigenvalue weighted by Crippen LogP contribution is -2.03. The summed E-state index contributed by atoms with van der Waals surface area (Å²) in [5.41, 5.74) is 9.26. The van der Waals surface area contributed by atoms with Crippen LogP contribution in [0.3, 0.4) is 0 Å². The summed E-state index contributed by atoms with van der Waals surface area (Å²) in [4.78, 5) is 0. The van der Waals surface area contributed by atoms with Crippen LogP contribution < -0.4 is 5.73 Å². The summed E-state index contributed by atoms with van der Waals surface area (Å²) in [7, 11) is 2.09. The Bertz CT molecular complexity index is 514. The minimum Gasteiger partial charge on any atom is -0.347 e. The van der Waals surface area contributed by atoms with Gasteiger partial charge in [0.15, 0.2) is 0 Å². The average Bonchev–Trinajstić information content (AvgIpc) is 2.59. The van der Waals surface area contributed by atoms with E-state index in [4.69, 9.17) is 17.3 Å². The standard InChI is InChI=1S/C13H17ClN2/c1-9-12(14)6-5-10-8-11(4-3-7-15)16(2)13(9)10/h5-6,8H,3-4,7,15H2,1-2H3. The first kappa shape index (κ1) is 11.5. The molecule has 0 unspecified atom stereocenters.